The zero-order valence-corrected chi connectivity index (χ0v) is 22.9. The summed E-state index contributed by atoms with van der Waals surface area (Å²) in [6, 6.07) is 11.0. The number of aromatic nitrogens is 1. The lowest BCUT2D eigenvalue weighted by Crippen LogP contribution is -2.55. The van der Waals surface area contributed by atoms with Gasteiger partial charge in [-0.2, -0.15) is 0 Å². The van der Waals surface area contributed by atoms with Crippen LogP contribution in [0.1, 0.15) is 69.9 Å². The monoisotopic (exact) mass is 532 g/mol. The number of amides is 3. The predicted molar refractivity (Wildman–Crippen MR) is 155 cm³/mol. The summed E-state index contributed by atoms with van der Waals surface area (Å²) in [5, 5.41) is 18.4. The zero-order chi connectivity index (χ0) is 27.9. The topological polar surface area (TPSA) is 153 Å². The number of unbranched alkanes of at least 4 members (excludes halogenated alkanes) is 1. The number of carbonyl (C=O) groups is 3. The van der Waals surface area contributed by atoms with Crippen molar-refractivity contribution in [2.45, 2.75) is 89.8 Å². The fourth-order valence-electron chi connectivity index (χ4n) is 5.36. The lowest BCUT2D eigenvalue weighted by atomic mass is 9.99. The van der Waals surface area contributed by atoms with Crippen LogP contribution < -0.4 is 21.7 Å². The Hall–Kier alpha value is -3.88. The molecular formula is C30H40N6O3. The highest BCUT2D eigenvalue weighted by Crippen LogP contribution is 2.28. The third-order valence-corrected chi connectivity index (χ3v) is 7.42. The Morgan fingerprint density at radius 2 is 1.69 bits per heavy atom. The first kappa shape index (κ1) is 28.1. The van der Waals surface area contributed by atoms with Crippen molar-refractivity contribution >= 4 is 45.4 Å². The van der Waals surface area contributed by atoms with Gasteiger partial charge in [0.1, 0.15) is 12.1 Å². The van der Waals surface area contributed by atoms with Gasteiger partial charge >= 0.3 is 0 Å². The third-order valence-electron chi connectivity index (χ3n) is 7.42. The minimum absolute atomic E-state index is 0.0364. The van der Waals surface area contributed by atoms with Crippen LogP contribution >= 0.6 is 0 Å². The van der Waals surface area contributed by atoms with E-state index < -0.39 is 18.0 Å². The van der Waals surface area contributed by atoms with Gasteiger partial charge in [0.15, 0.2) is 0 Å². The van der Waals surface area contributed by atoms with Gasteiger partial charge in [-0.25, -0.2) is 0 Å². The molecule has 0 saturated heterocycles. The largest absolute Gasteiger partial charge is 0.388 e. The summed E-state index contributed by atoms with van der Waals surface area (Å²) in [5.41, 5.74) is 9.76. The highest BCUT2D eigenvalue weighted by Gasteiger charge is 2.27. The van der Waals surface area contributed by atoms with Crippen LogP contribution in [0.3, 0.4) is 0 Å². The molecule has 4 rings (SSSR count). The summed E-state index contributed by atoms with van der Waals surface area (Å²) in [5.74, 6) is -0.834. The second-order valence-electron chi connectivity index (χ2n) is 10.8. The van der Waals surface area contributed by atoms with Crippen molar-refractivity contribution in [3.63, 3.8) is 0 Å². The molecule has 0 radical (unpaired) electrons. The van der Waals surface area contributed by atoms with Crippen LogP contribution in [0.5, 0.6) is 0 Å². The summed E-state index contributed by atoms with van der Waals surface area (Å²) in [7, 11) is 0. The van der Waals surface area contributed by atoms with Gasteiger partial charge in [-0.05, 0) is 74.4 Å². The van der Waals surface area contributed by atoms with Gasteiger partial charge in [-0.15, -0.1) is 0 Å². The van der Waals surface area contributed by atoms with Gasteiger partial charge < -0.3 is 26.7 Å². The van der Waals surface area contributed by atoms with Crippen LogP contribution in [-0.2, 0) is 27.2 Å². The Morgan fingerprint density at radius 1 is 1.00 bits per heavy atom. The minimum atomic E-state index is -0.829. The van der Waals surface area contributed by atoms with Crippen LogP contribution in [0.2, 0.25) is 0 Å². The average Bonchev–Trinajstić information content (AvgIpc) is 3.24. The first-order chi connectivity index (χ1) is 18.7. The Kier molecular flexibility index (Phi) is 9.22. The standard InChI is InChI=1S/C30H40N6O3/c1-18-7-3-4-8-20-11-13-24-22(15-20)23-16-21(12-14-25(23)35-24)17-27(34-19(2)37)30(39)36-26(29(38)33-18)9-5-6-10-28(31)32/h11-16,18,26-27,35H,3-10,17H2,1-2H3,(H3,31,32)(H,33,38)(H,34,37)(H,36,39)/t18-,26+,27?/m1/s1. The molecule has 7 N–H and O–H groups in total. The number of benzene rings is 2. The van der Waals surface area contributed by atoms with Gasteiger partial charge in [0, 0.05) is 47.6 Å². The average molecular weight is 533 g/mol. The summed E-state index contributed by atoms with van der Waals surface area (Å²) in [6.45, 7) is 3.37. The van der Waals surface area contributed by atoms with Crippen LogP contribution in [-0.4, -0.2) is 46.7 Å². The summed E-state index contributed by atoms with van der Waals surface area (Å²) in [6.07, 6.45) is 6.24. The SMILES string of the molecule is CC(=O)NC1Cc2ccc3[nH]c4ccc(cc4c3c2)CCCC[C@@H](C)NC(=O)[C@H](CCCCC(=N)N)NC1=O. The number of amidine groups is 1. The molecule has 2 heterocycles. The molecule has 2 aromatic carbocycles. The fourth-order valence-corrected chi connectivity index (χ4v) is 5.36. The van der Waals surface area contributed by atoms with Crippen molar-refractivity contribution in [1.29, 1.82) is 5.41 Å². The number of aromatic amines is 1. The smallest absolute Gasteiger partial charge is 0.243 e. The maximum absolute atomic E-state index is 13.5. The van der Waals surface area contributed by atoms with Crippen molar-refractivity contribution < 1.29 is 14.4 Å². The number of hydrogen-bond acceptors (Lipinski definition) is 4. The van der Waals surface area contributed by atoms with Crippen LogP contribution in [0.25, 0.3) is 21.8 Å². The third kappa shape index (κ3) is 7.59. The van der Waals surface area contributed by atoms with E-state index in [0.717, 1.165) is 53.1 Å². The van der Waals surface area contributed by atoms with Crippen LogP contribution in [0, 0.1) is 5.41 Å². The minimum Gasteiger partial charge on any atom is -0.388 e. The second-order valence-corrected chi connectivity index (χ2v) is 10.8. The van der Waals surface area contributed by atoms with Crippen molar-refractivity contribution in [2.24, 2.45) is 5.73 Å². The lowest BCUT2D eigenvalue weighted by Gasteiger charge is -2.24. The van der Waals surface area contributed by atoms with Crippen molar-refractivity contribution in [3.05, 3.63) is 47.5 Å². The van der Waals surface area contributed by atoms with E-state index in [1.165, 1.54) is 12.5 Å². The van der Waals surface area contributed by atoms with Crippen LogP contribution in [0.15, 0.2) is 36.4 Å². The molecule has 3 amide bonds. The molecule has 0 aliphatic carbocycles. The molecule has 4 bridgehead atoms. The number of nitrogens with two attached hydrogens (primary N) is 1. The predicted octanol–water partition coefficient (Wildman–Crippen LogP) is 3.58. The molecule has 39 heavy (non-hydrogen) atoms. The van der Waals surface area contributed by atoms with E-state index in [2.05, 4.69) is 45.2 Å². The van der Waals surface area contributed by atoms with E-state index in [0.29, 0.717) is 32.1 Å². The molecule has 1 unspecified atom stereocenters. The number of aryl methyl sites for hydroxylation is 1. The van der Waals surface area contributed by atoms with Crippen molar-refractivity contribution in [3.8, 4) is 0 Å². The van der Waals surface area contributed by atoms with E-state index >= 15 is 0 Å². The maximum atomic E-state index is 13.5. The van der Waals surface area contributed by atoms with Gasteiger partial charge in [0.25, 0.3) is 0 Å². The van der Waals surface area contributed by atoms with E-state index in [1.54, 1.807) is 0 Å². The quantitative estimate of drug-likeness (QED) is 0.163. The molecule has 3 aromatic rings. The maximum Gasteiger partial charge on any atom is 0.243 e. The Labute approximate surface area is 229 Å². The number of nitrogens with one attached hydrogen (secondary N) is 5. The van der Waals surface area contributed by atoms with E-state index in [4.69, 9.17) is 11.1 Å². The molecule has 208 valence electrons. The van der Waals surface area contributed by atoms with Gasteiger partial charge in [0.05, 0.1) is 5.84 Å². The molecule has 0 saturated carbocycles. The Bertz CT molecular complexity index is 1360. The number of hydrogen-bond donors (Lipinski definition) is 6. The molecule has 1 aliphatic rings. The zero-order valence-electron chi connectivity index (χ0n) is 22.9. The van der Waals surface area contributed by atoms with Gasteiger partial charge in [-0.3, -0.25) is 19.8 Å². The molecule has 1 aliphatic heterocycles. The Balaban J connectivity index is 1.65. The molecule has 0 fully saturated rings. The molecular weight excluding hydrogens is 492 g/mol. The number of rotatable bonds is 6. The summed E-state index contributed by atoms with van der Waals surface area (Å²) >= 11 is 0. The molecule has 9 heteroatoms. The normalized spacial score (nSPS) is 21.0. The molecule has 1 aromatic heterocycles. The van der Waals surface area contributed by atoms with E-state index in [-0.39, 0.29) is 23.7 Å². The summed E-state index contributed by atoms with van der Waals surface area (Å²) < 4.78 is 0. The van der Waals surface area contributed by atoms with Crippen molar-refractivity contribution in [2.75, 3.05) is 0 Å². The molecule has 3 atom stereocenters. The van der Waals surface area contributed by atoms with Crippen molar-refractivity contribution in [1.82, 2.24) is 20.9 Å². The van der Waals surface area contributed by atoms with E-state index in [9.17, 15) is 14.4 Å². The number of fused-ring (bicyclic) bond motifs is 2. The molecule has 0 spiro atoms. The Morgan fingerprint density at radius 3 is 2.38 bits per heavy atom. The summed E-state index contributed by atoms with van der Waals surface area (Å²) in [4.78, 5) is 42.2. The highest BCUT2D eigenvalue weighted by atomic mass is 16.2. The van der Waals surface area contributed by atoms with E-state index in [1.807, 2.05) is 19.1 Å². The highest BCUT2D eigenvalue weighted by molar-refractivity contribution is 6.07. The first-order valence-corrected chi connectivity index (χ1v) is 13.9. The fraction of sp³-hybridized carbons (Fsp3) is 0.467. The van der Waals surface area contributed by atoms with Gasteiger partial charge in [-0.1, -0.05) is 25.0 Å². The second kappa shape index (κ2) is 12.8. The van der Waals surface area contributed by atoms with Crippen LogP contribution in [0.4, 0.5) is 0 Å². The number of H-pyrrole nitrogens is 1. The molecule has 9 nitrogen and oxygen atoms in total. The van der Waals surface area contributed by atoms with Gasteiger partial charge in [0.2, 0.25) is 17.7 Å². The lowest BCUT2D eigenvalue weighted by molar-refractivity contribution is -0.132. The number of carbonyl (C=O) groups excluding carboxylic acids is 3. The first-order valence-electron chi connectivity index (χ1n) is 13.9.